The third-order valence-corrected chi connectivity index (χ3v) is 11.4. The molecule has 0 bridgehead atoms. The molecule has 0 aliphatic carbocycles. The molecule has 0 spiro atoms. The Kier molecular flexibility index (Phi) is 6.08. The second kappa shape index (κ2) is 7.96. The maximum Gasteiger partial charge on any atom is 0.250 e. The van der Waals surface area contributed by atoms with Gasteiger partial charge in [0.1, 0.15) is 11.5 Å². The fourth-order valence-corrected chi connectivity index (χ4v) is 5.46. The van der Waals surface area contributed by atoms with Gasteiger partial charge in [0.15, 0.2) is 0 Å². The molecule has 3 aromatic carbocycles. The molecule has 0 aliphatic heterocycles. The van der Waals surface area contributed by atoms with Crippen LogP contribution < -0.4 is 9.16 Å². The second-order valence-corrected chi connectivity index (χ2v) is 14.8. The van der Waals surface area contributed by atoms with Crippen molar-refractivity contribution in [1.82, 2.24) is 0 Å². The summed E-state index contributed by atoms with van der Waals surface area (Å²) in [5.41, 5.74) is 2.55. The molecule has 0 unspecified atom stereocenters. The Morgan fingerprint density at radius 1 is 0.897 bits per heavy atom. The zero-order valence-corrected chi connectivity index (χ0v) is 21.6. The summed E-state index contributed by atoms with van der Waals surface area (Å²) in [7, 11) is -0.225. The molecule has 0 aromatic heterocycles. The fourth-order valence-electron chi connectivity index (χ4n) is 3.84. The maximum atomic E-state index is 7.01. The van der Waals surface area contributed by atoms with Crippen molar-refractivity contribution in [2.45, 2.75) is 65.6 Å². The van der Waals surface area contributed by atoms with Crippen LogP contribution in [-0.4, -0.2) is 15.4 Å². The molecule has 29 heavy (non-hydrogen) atoms. The van der Waals surface area contributed by atoms with Crippen LogP contribution in [0.15, 0.2) is 34.8 Å². The summed E-state index contributed by atoms with van der Waals surface area (Å²) in [4.78, 5) is 0. The SMILES string of the molecule is CCc1c(CC)c(OC)c2c(cc(Br)c3ccccc32)c1O[Si](C)(C)C(C)(C)C. The first kappa shape index (κ1) is 22.2. The molecule has 156 valence electrons. The summed E-state index contributed by atoms with van der Waals surface area (Å²) in [6.07, 6.45) is 1.84. The Morgan fingerprint density at radius 3 is 1.97 bits per heavy atom. The van der Waals surface area contributed by atoms with Crippen molar-refractivity contribution in [1.29, 1.82) is 0 Å². The minimum atomic E-state index is -2.01. The van der Waals surface area contributed by atoms with E-state index in [1.807, 2.05) is 0 Å². The van der Waals surface area contributed by atoms with E-state index in [1.54, 1.807) is 7.11 Å². The van der Waals surface area contributed by atoms with Crippen LogP contribution in [0.2, 0.25) is 18.1 Å². The quantitative estimate of drug-likeness (QED) is 0.274. The Hall–Kier alpha value is -1.52. The van der Waals surface area contributed by atoms with Gasteiger partial charge in [-0.05, 0) is 53.4 Å². The van der Waals surface area contributed by atoms with Crippen LogP contribution in [0, 0.1) is 0 Å². The number of benzene rings is 3. The van der Waals surface area contributed by atoms with E-state index in [9.17, 15) is 0 Å². The van der Waals surface area contributed by atoms with Crippen LogP contribution in [0.3, 0.4) is 0 Å². The Balaban J connectivity index is 2.53. The maximum absolute atomic E-state index is 7.01. The molecule has 0 fully saturated rings. The third kappa shape index (κ3) is 3.70. The van der Waals surface area contributed by atoms with Gasteiger partial charge in [-0.25, -0.2) is 0 Å². The first-order valence-corrected chi connectivity index (χ1v) is 14.2. The Labute approximate surface area is 184 Å². The molecule has 0 atom stereocenters. The van der Waals surface area contributed by atoms with Crippen LogP contribution in [0.4, 0.5) is 0 Å². The van der Waals surface area contributed by atoms with E-state index < -0.39 is 8.32 Å². The van der Waals surface area contributed by atoms with E-state index in [0.717, 1.165) is 39.6 Å². The molecule has 4 heteroatoms. The van der Waals surface area contributed by atoms with Gasteiger partial charge < -0.3 is 9.16 Å². The molecule has 0 heterocycles. The standard InChI is InChI=1S/C25H33BrO2Si/c1-9-16-17(10-2)24(27-6)22-19-14-12-11-13-18(19)21(26)15-20(22)23(16)28-29(7,8)25(3,4)5/h11-15H,9-10H2,1-8H3. The smallest absolute Gasteiger partial charge is 0.250 e. The van der Waals surface area contributed by atoms with Crippen molar-refractivity contribution in [3.05, 3.63) is 45.9 Å². The summed E-state index contributed by atoms with van der Waals surface area (Å²) in [5.74, 6) is 2.05. The second-order valence-electron chi connectivity index (χ2n) is 9.22. The average molecular weight is 474 g/mol. The van der Waals surface area contributed by atoms with Crippen molar-refractivity contribution < 1.29 is 9.16 Å². The molecule has 3 aromatic rings. The first-order chi connectivity index (χ1) is 13.6. The number of fused-ring (bicyclic) bond motifs is 3. The van der Waals surface area contributed by atoms with E-state index in [-0.39, 0.29) is 5.04 Å². The highest BCUT2D eigenvalue weighted by Crippen LogP contribution is 2.48. The molecule has 0 amide bonds. The zero-order valence-electron chi connectivity index (χ0n) is 19.0. The lowest BCUT2D eigenvalue weighted by atomic mass is 9.92. The van der Waals surface area contributed by atoms with Gasteiger partial charge in [0.25, 0.3) is 8.32 Å². The first-order valence-electron chi connectivity index (χ1n) is 10.5. The van der Waals surface area contributed by atoms with Crippen LogP contribution in [-0.2, 0) is 12.8 Å². The van der Waals surface area contributed by atoms with Gasteiger partial charge in [-0.2, -0.15) is 0 Å². The summed E-state index contributed by atoms with van der Waals surface area (Å²) < 4.78 is 14.1. The highest BCUT2D eigenvalue weighted by Gasteiger charge is 2.40. The van der Waals surface area contributed by atoms with Crippen LogP contribution in [0.5, 0.6) is 11.5 Å². The highest BCUT2D eigenvalue weighted by atomic mass is 79.9. The lowest BCUT2D eigenvalue weighted by Gasteiger charge is -2.38. The minimum absolute atomic E-state index is 0.130. The van der Waals surface area contributed by atoms with Crippen molar-refractivity contribution >= 4 is 45.8 Å². The molecule has 3 rings (SSSR count). The lowest BCUT2D eigenvalue weighted by molar-refractivity contribution is 0.413. The third-order valence-electron chi connectivity index (χ3n) is 6.45. The monoisotopic (exact) mass is 472 g/mol. The molecule has 0 saturated carbocycles. The topological polar surface area (TPSA) is 18.5 Å². The summed E-state index contributed by atoms with van der Waals surface area (Å²) in [6.45, 7) is 16.0. The van der Waals surface area contributed by atoms with Crippen molar-refractivity contribution in [2.75, 3.05) is 7.11 Å². The van der Waals surface area contributed by atoms with E-state index in [0.29, 0.717) is 0 Å². The number of rotatable bonds is 5. The normalized spacial score (nSPS) is 12.6. The number of methoxy groups -OCH3 is 1. The number of halogens is 1. The van der Waals surface area contributed by atoms with E-state index in [4.69, 9.17) is 9.16 Å². The lowest BCUT2D eigenvalue weighted by Crippen LogP contribution is -2.44. The zero-order chi connectivity index (χ0) is 21.6. The molecule has 0 N–H and O–H groups in total. The Morgan fingerprint density at radius 2 is 1.45 bits per heavy atom. The molecule has 0 saturated heterocycles. The van der Waals surface area contributed by atoms with Gasteiger partial charge in [-0.1, -0.05) is 74.8 Å². The van der Waals surface area contributed by atoms with E-state index >= 15 is 0 Å². The molecule has 2 nitrogen and oxygen atoms in total. The van der Waals surface area contributed by atoms with Gasteiger partial charge in [0.05, 0.1) is 7.11 Å². The molecular formula is C25H33BrO2Si. The van der Waals surface area contributed by atoms with Crippen LogP contribution >= 0.6 is 15.9 Å². The number of hydrogen-bond acceptors (Lipinski definition) is 2. The Bertz CT molecular complexity index is 1060. The van der Waals surface area contributed by atoms with Gasteiger partial charge in [-0.3, -0.25) is 0 Å². The number of hydrogen-bond donors (Lipinski definition) is 0. The van der Waals surface area contributed by atoms with Gasteiger partial charge in [0, 0.05) is 20.8 Å². The van der Waals surface area contributed by atoms with Crippen molar-refractivity contribution in [2.24, 2.45) is 0 Å². The molecular weight excluding hydrogens is 440 g/mol. The van der Waals surface area contributed by atoms with E-state index in [2.05, 4.69) is 94.0 Å². The van der Waals surface area contributed by atoms with E-state index in [1.165, 1.54) is 21.9 Å². The molecule has 0 aliphatic rings. The minimum Gasteiger partial charge on any atom is -0.543 e. The van der Waals surface area contributed by atoms with Gasteiger partial charge in [-0.15, -0.1) is 0 Å². The molecule has 0 radical (unpaired) electrons. The van der Waals surface area contributed by atoms with Crippen molar-refractivity contribution in [3.63, 3.8) is 0 Å². The van der Waals surface area contributed by atoms with Crippen LogP contribution in [0.1, 0.15) is 45.7 Å². The highest BCUT2D eigenvalue weighted by molar-refractivity contribution is 9.10. The summed E-state index contributed by atoms with van der Waals surface area (Å²) >= 11 is 3.81. The average Bonchev–Trinajstić information content (AvgIpc) is 2.66. The van der Waals surface area contributed by atoms with Crippen LogP contribution in [0.25, 0.3) is 21.5 Å². The fraction of sp³-hybridized carbons (Fsp3) is 0.440. The summed E-state index contributed by atoms with van der Waals surface area (Å²) in [6, 6.07) is 10.8. The number of ether oxygens (including phenoxy) is 1. The van der Waals surface area contributed by atoms with Gasteiger partial charge in [0.2, 0.25) is 0 Å². The summed E-state index contributed by atoms with van der Waals surface area (Å²) in [5, 5.41) is 4.83. The predicted molar refractivity (Wildman–Crippen MR) is 132 cm³/mol. The predicted octanol–water partition coefficient (Wildman–Crippen LogP) is 8.27. The van der Waals surface area contributed by atoms with Crippen molar-refractivity contribution in [3.8, 4) is 11.5 Å². The van der Waals surface area contributed by atoms with Gasteiger partial charge >= 0.3 is 0 Å². The largest absolute Gasteiger partial charge is 0.543 e.